The number of rotatable bonds is 7. The molecule has 0 radical (unpaired) electrons. The van der Waals surface area contributed by atoms with Gasteiger partial charge in [-0.25, -0.2) is 4.98 Å². The van der Waals surface area contributed by atoms with Crippen LogP contribution in [0.4, 0.5) is 0 Å². The lowest BCUT2D eigenvalue weighted by molar-refractivity contribution is 0.0682. The molecule has 0 bridgehead atoms. The zero-order valence-corrected chi connectivity index (χ0v) is 18.2. The van der Waals surface area contributed by atoms with Crippen LogP contribution in [0.3, 0.4) is 0 Å². The highest BCUT2D eigenvalue weighted by atomic mass is 35.5. The van der Waals surface area contributed by atoms with Crippen molar-refractivity contribution in [3.05, 3.63) is 52.0 Å². The summed E-state index contributed by atoms with van der Waals surface area (Å²) in [7, 11) is 2.00. The van der Waals surface area contributed by atoms with Crippen LogP contribution in [0.2, 0.25) is 0 Å². The van der Waals surface area contributed by atoms with Gasteiger partial charge in [-0.05, 0) is 50.8 Å². The van der Waals surface area contributed by atoms with Gasteiger partial charge in [-0.15, -0.1) is 36.2 Å². The van der Waals surface area contributed by atoms with Crippen LogP contribution < -0.4 is 5.32 Å². The fourth-order valence-corrected chi connectivity index (χ4v) is 4.13. The molecule has 1 saturated heterocycles. The summed E-state index contributed by atoms with van der Waals surface area (Å²) in [6.07, 6.45) is 5.29. The van der Waals surface area contributed by atoms with E-state index in [0.717, 1.165) is 56.2 Å². The van der Waals surface area contributed by atoms with Gasteiger partial charge in [-0.1, -0.05) is 30.3 Å². The zero-order valence-electron chi connectivity index (χ0n) is 15.7. The molecular formula is C20H29Cl2N3OS. The molecule has 0 saturated carbocycles. The Balaban J connectivity index is 0.00000182. The predicted octanol–water partition coefficient (Wildman–Crippen LogP) is 4.23. The van der Waals surface area contributed by atoms with E-state index in [1.165, 1.54) is 12.0 Å². The Bertz CT molecular complexity index is 673. The molecular weight excluding hydrogens is 401 g/mol. The molecule has 1 aromatic carbocycles. The minimum atomic E-state index is 0. The first-order valence-corrected chi connectivity index (χ1v) is 10.1. The number of aryl methyl sites for hydroxylation is 2. The molecule has 2 heterocycles. The van der Waals surface area contributed by atoms with E-state index >= 15 is 0 Å². The Morgan fingerprint density at radius 1 is 1.19 bits per heavy atom. The highest BCUT2D eigenvalue weighted by molar-refractivity contribution is 7.09. The minimum absolute atomic E-state index is 0. The van der Waals surface area contributed by atoms with Gasteiger partial charge in [0.25, 0.3) is 5.91 Å². The van der Waals surface area contributed by atoms with Crippen molar-refractivity contribution in [1.29, 1.82) is 0 Å². The van der Waals surface area contributed by atoms with Crippen molar-refractivity contribution in [3.63, 3.8) is 0 Å². The molecule has 1 fully saturated rings. The van der Waals surface area contributed by atoms with Crippen LogP contribution in [-0.4, -0.2) is 42.5 Å². The van der Waals surface area contributed by atoms with E-state index in [0.29, 0.717) is 5.69 Å². The Hall–Kier alpha value is -1.14. The standard InChI is InChI=1S/C20H27N3OS.2ClH/c1-21-12-9-17-10-13-23(14-11-17)20(24)18-15-25-19(22-18)8-7-16-5-3-2-4-6-16;;/h2-6,15,17,21H,7-14H2,1H3;2*1H. The summed E-state index contributed by atoms with van der Waals surface area (Å²) in [5, 5.41) is 6.19. The number of amides is 1. The van der Waals surface area contributed by atoms with Gasteiger partial charge in [0.2, 0.25) is 0 Å². The number of thiazole rings is 1. The molecule has 1 N–H and O–H groups in total. The Morgan fingerprint density at radius 2 is 1.89 bits per heavy atom. The van der Waals surface area contributed by atoms with E-state index in [9.17, 15) is 4.79 Å². The number of aromatic nitrogens is 1. The summed E-state index contributed by atoms with van der Waals surface area (Å²) in [5.74, 6) is 0.850. The van der Waals surface area contributed by atoms with Gasteiger partial charge in [0.1, 0.15) is 5.69 Å². The highest BCUT2D eigenvalue weighted by Crippen LogP contribution is 2.22. The summed E-state index contributed by atoms with van der Waals surface area (Å²) in [4.78, 5) is 19.2. The molecule has 0 spiro atoms. The van der Waals surface area contributed by atoms with Crippen molar-refractivity contribution < 1.29 is 4.79 Å². The second-order valence-corrected chi connectivity index (χ2v) is 7.68. The largest absolute Gasteiger partial charge is 0.337 e. The van der Waals surface area contributed by atoms with E-state index < -0.39 is 0 Å². The maximum Gasteiger partial charge on any atom is 0.273 e. The minimum Gasteiger partial charge on any atom is -0.337 e. The van der Waals surface area contributed by atoms with Gasteiger partial charge < -0.3 is 10.2 Å². The van der Waals surface area contributed by atoms with Crippen molar-refractivity contribution >= 4 is 42.1 Å². The maximum atomic E-state index is 12.7. The third kappa shape index (κ3) is 7.07. The maximum absolute atomic E-state index is 12.7. The topological polar surface area (TPSA) is 45.2 Å². The van der Waals surface area contributed by atoms with Gasteiger partial charge in [0.05, 0.1) is 5.01 Å². The zero-order chi connectivity index (χ0) is 17.5. The van der Waals surface area contributed by atoms with Crippen LogP contribution in [0.1, 0.15) is 40.3 Å². The molecule has 0 aliphatic carbocycles. The van der Waals surface area contributed by atoms with Crippen LogP contribution in [0, 0.1) is 5.92 Å². The number of piperidine rings is 1. The SMILES string of the molecule is CNCCC1CCN(C(=O)c2csc(CCc3ccccc3)n2)CC1.Cl.Cl. The number of benzene rings is 1. The average Bonchev–Trinajstić information content (AvgIpc) is 3.14. The summed E-state index contributed by atoms with van der Waals surface area (Å²) in [6.45, 7) is 2.80. The van der Waals surface area contributed by atoms with E-state index in [1.807, 2.05) is 23.4 Å². The number of carbonyl (C=O) groups is 1. The van der Waals surface area contributed by atoms with Crippen molar-refractivity contribution in [2.24, 2.45) is 5.92 Å². The second kappa shape index (κ2) is 12.3. The van der Waals surface area contributed by atoms with Gasteiger partial charge in [0, 0.05) is 24.9 Å². The van der Waals surface area contributed by atoms with Crippen LogP contribution in [0.5, 0.6) is 0 Å². The molecule has 27 heavy (non-hydrogen) atoms. The molecule has 0 atom stereocenters. The third-order valence-electron chi connectivity index (χ3n) is 4.95. The Kier molecular flexibility index (Phi) is 10.9. The number of carbonyl (C=O) groups excluding carboxylic acids is 1. The summed E-state index contributed by atoms with van der Waals surface area (Å²) in [5.41, 5.74) is 1.94. The van der Waals surface area contributed by atoms with E-state index in [-0.39, 0.29) is 30.7 Å². The Labute approximate surface area is 178 Å². The lowest BCUT2D eigenvalue weighted by Gasteiger charge is -2.31. The van der Waals surface area contributed by atoms with Gasteiger partial charge in [-0.2, -0.15) is 0 Å². The predicted molar refractivity (Wildman–Crippen MR) is 118 cm³/mol. The van der Waals surface area contributed by atoms with Crippen LogP contribution in [0.25, 0.3) is 0 Å². The van der Waals surface area contributed by atoms with Gasteiger partial charge >= 0.3 is 0 Å². The van der Waals surface area contributed by atoms with Crippen molar-refractivity contribution in [2.75, 3.05) is 26.7 Å². The molecule has 1 amide bonds. The number of likely N-dealkylation sites (tertiary alicyclic amines) is 1. The summed E-state index contributed by atoms with van der Waals surface area (Å²) >= 11 is 1.61. The number of hydrogen-bond acceptors (Lipinski definition) is 4. The molecule has 2 aromatic rings. The first-order chi connectivity index (χ1) is 12.3. The lowest BCUT2D eigenvalue weighted by atomic mass is 9.93. The fraction of sp³-hybridized carbons (Fsp3) is 0.500. The summed E-state index contributed by atoms with van der Waals surface area (Å²) < 4.78 is 0. The molecule has 1 aliphatic heterocycles. The van der Waals surface area contributed by atoms with Crippen LogP contribution >= 0.6 is 36.2 Å². The van der Waals surface area contributed by atoms with E-state index in [2.05, 4.69) is 34.6 Å². The number of nitrogens with zero attached hydrogens (tertiary/aromatic N) is 2. The normalized spacial score (nSPS) is 14.3. The Morgan fingerprint density at radius 3 is 2.56 bits per heavy atom. The smallest absolute Gasteiger partial charge is 0.273 e. The second-order valence-electron chi connectivity index (χ2n) is 6.74. The number of halogens is 2. The van der Waals surface area contributed by atoms with E-state index in [4.69, 9.17) is 0 Å². The lowest BCUT2D eigenvalue weighted by Crippen LogP contribution is -2.39. The third-order valence-corrected chi connectivity index (χ3v) is 5.85. The average molecular weight is 430 g/mol. The summed E-state index contributed by atoms with van der Waals surface area (Å²) in [6, 6.07) is 10.4. The first kappa shape index (κ1) is 23.9. The molecule has 1 aromatic heterocycles. The van der Waals surface area contributed by atoms with Crippen LogP contribution in [-0.2, 0) is 12.8 Å². The molecule has 1 aliphatic rings. The van der Waals surface area contributed by atoms with Crippen molar-refractivity contribution in [2.45, 2.75) is 32.1 Å². The molecule has 4 nitrogen and oxygen atoms in total. The van der Waals surface area contributed by atoms with Gasteiger partial charge in [-0.3, -0.25) is 4.79 Å². The number of hydrogen-bond donors (Lipinski definition) is 1. The van der Waals surface area contributed by atoms with Crippen molar-refractivity contribution in [1.82, 2.24) is 15.2 Å². The highest BCUT2D eigenvalue weighted by Gasteiger charge is 2.24. The van der Waals surface area contributed by atoms with Gasteiger partial charge in [0.15, 0.2) is 0 Å². The molecule has 150 valence electrons. The fourth-order valence-electron chi connectivity index (χ4n) is 3.36. The van der Waals surface area contributed by atoms with Crippen molar-refractivity contribution in [3.8, 4) is 0 Å². The number of nitrogens with one attached hydrogen (secondary N) is 1. The van der Waals surface area contributed by atoms with Crippen LogP contribution in [0.15, 0.2) is 35.7 Å². The molecule has 3 rings (SSSR count). The van der Waals surface area contributed by atoms with E-state index in [1.54, 1.807) is 11.3 Å². The quantitative estimate of drug-likeness (QED) is 0.715. The molecule has 7 heteroatoms. The first-order valence-electron chi connectivity index (χ1n) is 9.18. The molecule has 0 unspecified atom stereocenters. The monoisotopic (exact) mass is 429 g/mol.